The van der Waals surface area contributed by atoms with Crippen LogP contribution in [0, 0.1) is 0 Å². The molecule has 4 nitrogen and oxygen atoms in total. The molecule has 0 aliphatic carbocycles. The van der Waals surface area contributed by atoms with Crippen LogP contribution in [0.4, 0.5) is 0 Å². The van der Waals surface area contributed by atoms with Crippen LogP contribution in [0.5, 0.6) is 11.5 Å². The van der Waals surface area contributed by atoms with Crippen LogP contribution in [0.25, 0.3) is 0 Å². The largest absolute Gasteiger partial charge is 0.587 e. The molecule has 0 aromatic heterocycles. The molecule has 0 aliphatic heterocycles. The van der Waals surface area contributed by atoms with Gasteiger partial charge in [0.25, 0.3) is 0 Å². The van der Waals surface area contributed by atoms with Crippen molar-refractivity contribution < 1.29 is 18.1 Å². The highest BCUT2D eigenvalue weighted by Gasteiger charge is 2.31. The number of phosphoric acid groups is 1. The van der Waals surface area contributed by atoms with E-state index in [1.807, 2.05) is 0 Å². The van der Waals surface area contributed by atoms with Gasteiger partial charge in [0.1, 0.15) is 0 Å². The highest BCUT2D eigenvalue weighted by Crippen LogP contribution is 2.51. The molecule has 0 heterocycles. The Morgan fingerprint density at radius 3 is 1.55 bits per heavy atom. The van der Waals surface area contributed by atoms with Gasteiger partial charge >= 0.3 is 7.82 Å². The van der Waals surface area contributed by atoms with Gasteiger partial charge in [-0.2, -0.15) is 0 Å². The standard InChI is InChI=1S/C13H9Cl4O4P/c1-19-22(18,20-12-4-2-8(14)6-10(12)16)21-13-5-3-9(15)7-11(13)17/h2-7H,1H3. The van der Waals surface area contributed by atoms with Crippen LogP contribution in [0.15, 0.2) is 36.4 Å². The Hall–Kier alpha value is -0.610. The fourth-order valence-electron chi connectivity index (χ4n) is 1.43. The summed E-state index contributed by atoms with van der Waals surface area (Å²) >= 11 is 23.5. The lowest BCUT2D eigenvalue weighted by Crippen LogP contribution is -2.03. The summed E-state index contributed by atoms with van der Waals surface area (Å²) in [4.78, 5) is 0. The van der Waals surface area contributed by atoms with Gasteiger partial charge in [-0.25, -0.2) is 4.57 Å². The fraction of sp³-hybridized carbons (Fsp3) is 0.0769. The first kappa shape index (κ1) is 17.7. The average molecular weight is 402 g/mol. The van der Waals surface area contributed by atoms with Crippen LogP contribution in [-0.4, -0.2) is 7.11 Å². The van der Waals surface area contributed by atoms with Crippen LogP contribution in [0.2, 0.25) is 20.1 Å². The molecule has 2 rings (SSSR count). The normalized spacial score (nSPS) is 11.3. The molecule has 0 amide bonds. The van der Waals surface area contributed by atoms with Gasteiger partial charge < -0.3 is 9.05 Å². The van der Waals surface area contributed by atoms with Crippen molar-refractivity contribution in [1.29, 1.82) is 0 Å². The van der Waals surface area contributed by atoms with E-state index in [4.69, 9.17) is 60.0 Å². The minimum absolute atomic E-state index is 0.0985. The van der Waals surface area contributed by atoms with Gasteiger partial charge in [0.05, 0.1) is 10.0 Å². The quantitative estimate of drug-likeness (QED) is 0.535. The maximum atomic E-state index is 12.5. The van der Waals surface area contributed by atoms with E-state index in [1.54, 1.807) is 0 Å². The second-order valence-electron chi connectivity index (χ2n) is 3.96. The summed E-state index contributed by atoms with van der Waals surface area (Å²) in [5.74, 6) is 0.197. The third-order valence-corrected chi connectivity index (χ3v) is 4.78. The lowest BCUT2D eigenvalue weighted by molar-refractivity contribution is 0.250. The molecule has 0 aliphatic rings. The van der Waals surface area contributed by atoms with Crippen molar-refractivity contribution in [3.05, 3.63) is 56.5 Å². The smallest absolute Gasteiger partial charge is 0.393 e. The van der Waals surface area contributed by atoms with E-state index in [1.165, 1.54) is 43.5 Å². The first-order valence-electron chi connectivity index (χ1n) is 5.78. The zero-order valence-electron chi connectivity index (χ0n) is 11.1. The third-order valence-electron chi connectivity index (χ3n) is 2.43. The first-order valence-corrected chi connectivity index (χ1v) is 8.75. The molecule has 22 heavy (non-hydrogen) atoms. The fourth-order valence-corrected chi connectivity index (χ4v) is 3.42. The summed E-state index contributed by atoms with van der Waals surface area (Å²) < 4.78 is 27.9. The Balaban J connectivity index is 2.26. The number of benzene rings is 2. The molecule has 2 aromatic carbocycles. The van der Waals surface area contributed by atoms with Crippen molar-refractivity contribution in [1.82, 2.24) is 0 Å². The maximum Gasteiger partial charge on any atom is 0.587 e. The second kappa shape index (κ2) is 7.31. The monoisotopic (exact) mass is 400 g/mol. The molecule has 9 heteroatoms. The van der Waals surface area contributed by atoms with Crippen molar-refractivity contribution in [3.63, 3.8) is 0 Å². The zero-order valence-corrected chi connectivity index (χ0v) is 15.0. The van der Waals surface area contributed by atoms with E-state index in [0.29, 0.717) is 10.0 Å². The Bertz CT molecular complexity index is 680. The van der Waals surface area contributed by atoms with Crippen LogP contribution in [0.3, 0.4) is 0 Å². The summed E-state index contributed by atoms with van der Waals surface area (Å²) in [6.07, 6.45) is 0. The van der Waals surface area contributed by atoms with Crippen molar-refractivity contribution >= 4 is 54.2 Å². The molecular formula is C13H9Cl4O4P. The molecule has 2 aromatic rings. The van der Waals surface area contributed by atoms with Crippen molar-refractivity contribution in [2.24, 2.45) is 0 Å². The molecule has 0 saturated heterocycles. The van der Waals surface area contributed by atoms with Crippen LogP contribution >= 0.6 is 54.2 Å². The number of hydrogen-bond donors (Lipinski definition) is 0. The third kappa shape index (κ3) is 4.45. The molecule has 0 unspecified atom stereocenters. The molecule has 0 fully saturated rings. The summed E-state index contributed by atoms with van der Waals surface area (Å²) in [6, 6.07) is 8.82. The van der Waals surface area contributed by atoms with Gasteiger partial charge in [-0.05, 0) is 36.4 Å². The highest BCUT2D eigenvalue weighted by molar-refractivity contribution is 7.49. The van der Waals surface area contributed by atoms with Crippen molar-refractivity contribution in [2.45, 2.75) is 0 Å². The minimum Gasteiger partial charge on any atom is -0.393 e. The Labute approximate surface area is 147 Å². The van der Waals surface area contributed by atoms with E-state index in [2.05, 4.69) is 0 Å². The Morgan fingerprint density at radius 2 is 1.23 bits per heavy atom. The molecule has 0 spiro atoms. The molecule has 0 N–H and O–H groups in total. The van der Waals surface area contributed by atoms with Crippen molar-refractivity contribution in [2.75, 3.05) is 7.11 Å². The first-order chi connectivity index (χ1) is 10.3. The van der Waals surface area contributed by atoms with Gasteiger partial charge in [-0.3, -0.25) is 4.52 Å². The van der Waals surface area contributed by atoms with Crippen LogP contribution in [0.1, 0.15) is 0 Å². The summed E-state index contributed by atoms with van der Waals surface area (Å²) in [5.41, 5.74) is 0. The number of halogens is 4. The SMILES string of the molecule is COP(=O)(Oc1ccc(Cl)cc1Cl)Oc1ccc(Cl)cc1Cl. The molecule has 0 saturated carbocycles. The molecule has 0 atom stereocenters. The van der Waals surface area contributed by atoms with Gasteiger partial charge in [0.2, 0.25) is 0 Å². The Kier molecular flexibility index (Phi) is 5.89. The van der Waals surface area contributed by atoms with E-state index >= 15 is 0 Å². The van der Waals surface area contributed by atoms with E-state index in [-0.39, 0.29) is 21.5 Å². The molecule has 0 radical (unpaired) electrons. The van der Waals surface area contributed by atoms with Gasteiger partial charge in [-0.15, -0.1) is 0 Å². The van der Waals surface area contributed by atoms with Gasteiger partial charge in [0, 0.05) is 17.2 Å². The van der Waals surface area contributed by atoms with Crippen molar-refractivity contribution in [3.8, 4) is 11.5 Å². The topological polar surface area (TPSA) is 44.8 Å². The van der Waals surface area contributed by atoms with Gasteiger partial charge in [0.15, 0.2) is 11.5 Å². The Morgan fingerprint density at radius 1 is 0.818 bits per heavy atom. The number of hydrogen-bond acceptors (Lipinski definition) is 4. The molecule has 0 bridgehead atoms. The second-order valence-corrected chi connectivity index (χ2v) is 7.27. The summed E-state index contributed by atoms with van der Waals surface area (Å²) in [6.45, 7) is 0. The molecular weight excluding hydrogens is 393 g/mol. The zero-order chi connectivity index (χ0) is 16.3. The lowest BCUT2D eigenvalue weighted by Gasteiger charge is -2.18. The van der Waals surface area contributed by atoms with E-state index < -0.39 is 7.82 Å². The predicted molar refractivity (Wildman–Crippen MR) is 88.8 cm³/mol. The molecule has 118 valence electrons. The highest BCUT2D eigenvalue weighted by atomic mass is 35.5. The number of rotatable bonds is 5. The van der Waals surface area contributed by atoms with E-state index in [9.17, 15) is 4.57 Å². The minimum atomic E-state index is -3.98. The van der Waals surface area contributed by atoms with Gasteiger partial charge in [-0.1, -0.05) is 46.4 Å². The predicted octanol–water partition coefficient (Wildman–Crippen LogP) is 6.51. The summed E-state index contributed by atoms with van der Waals surface area (Å²) in [7, 11) is -2.81. The van der Waals surface area contributed by atoms with Crippen LogP contribution in [-0.2, 0) is 9.09 Å². The number of phosphoric ester groups is 1. The lowest BCUT2D eigenvalue weighted by atomic mass is 10.3. The van der Waals surface area contributed by atoms with Crippen LogP contribution < -0.4 is 9.05 Å². The summed E-state index contributed by atoms with van der Waals surface area (Å²) in [5, 5.41) is 1.14. The average Bonchev–Trinajstić information content (AvgIpc) is 2.45. The van der Waals surface area contributed by atoms with E-state index in [0.717, 1.165) is 0 Å². The maximum absolute atomic E-state index is 12.5.